The van der Waals surface area contributed by atoms with Gasteiger partial charge in [-0.25, -0.2) is 8.42 Å². The number of likely N-dealkylation sites (tertiary alicyclic amines) is 1. The van der Waals surface area contributed by atoms with Crippen molar-refractivity contribution in [2.45, 2.75) is 76.2 Å². The summed E-state index contributed by atoms with van der Waals surface area (Å²) in [5.74, 6) is -0.284. The number of amides is 2. The van der Waals surface area contributed by atoms with Crippen LogP contribution in [0.15, 0.2) is 21.5 Å². The summed E-state index contributed by atoms with van der Waals surface area (Å²) >= 11 is 3.46. The first-order valence-corrected chi connectivity index (χ1v) is 14.4. The van der Waals surface area contributed by atoms with E-state index in [9.17, 15) is 18.0 Å². The second-order valence-electron chi connectivity index (χ2n) is 9.35. The van der Waals surface area contributed by atoms with Crippen molar-refractivity contribution in [1.82, 2.24) is 9.21 Å². The Morgan fingerprint density at radius 3 is 2.58 bits per heavy atom. The molecule has 0 unspecified atom stereocenters. The van der Waals surface area contributed by atoms with Crippen molar-refractivity contribution < 1.29 is 18.0 Å². The van der Waals surface area contributed by atoms with E-state index in [1.165, 1.54) is 4.31 Å². The Balaban J connectivity index is 1.62. The molecule has 3 heterocycles. The number of halogens is 1. The van der Waals surface area contributed by atoms with E-state index >= 15 is 0 Å². The molecule has 7 nitrogen and oxygen atoms in total. The second-order valence-corrected chi connectivity index (χ2v) is 12.2. The largest absolute Gasteiger partial charge is 0.339 e. The summed E-state index contributed by atoms with van der Waals surface area (Å²) in [7, 11) is -3.86. The maximum atomic E-state index is 13.9. The number of hydrogen-bond donors (Lipinski definition) is 0. The molecule has 0 spiro atoms. The SMILES string of the molecule is CCC(=O)N1CCc2cc(Br)cc(S(=O)(=O)N3CCC[C@H](C(=O)N4CCCC[C@H]4CC)C3)c21. The van der Waals surface area contributed by atoms with E-state index in [-0.39, 0.29) is 35.2 Å². The van der Waals surface area contributed by atoms with Gasteiger partial charge in [0.2, 0.25) is 21.8 Å². The molecule has 1 aromatic carbocycles. The fraction of sp³-hybridized carbons (Fsp3) is 0.667. The van der Waals surface area contributed by atoms with E-state index in [1.807, 2.05) is 11.0 Å². The van der Waals surface area contributed by atoms with Crippen molar-refractivity contribution in [2.75, 3.05) is 31.1 Å². The van der Waals surface area contributed by atoms with E-state index in [1.54, 1.807) is 17.9 Å². The zero-order chi connectivity index (χ0) is 23.8. The minimum atomic E-state index is -3.86. The number of hydrogen-bond acceptors (Lipinski definition) is 4. The molecule has 4 rings (SSSR count). The summed E-state index contributed by atoms with van der Waals surface area (Å²) in [5.41, 5.74) is 1.38. The molecule has 0 N–H and O–H groups in total. The molecule has 9 heteroatoms. The molecule has 1 aromatic rings. The number of carbonyl (C=O) groups is 2. The molecule has 3 aliphatic heterocycles. The lowest BCUT2D eigenvalue weighted by molar-refractivity contribution is -0.140. The molecule has 0 radical (unpaired) electrons. The van der Waals surface area contributed by atoms with Crippen LogP contribution in [0.1, 0.15) is 64.4 Å². The Bertz CT molecular complexity index is 1030. The summed E-state index contributed by atoms with van der Waals surface area (Å²) in [6.07, 6.45) is 6.47. The Morgan fingerprint density at radius 1 is 1.06 bits per heavy atom. The van der Waals surface area contributed by atoms with Gasteiger partial charge in [0.05, 0.1) is 11.6 Å². The third kappa shape index (κ3) is 4.73. The first-order chi connectivity index (χ1) is 15.8. The van der Waals surface area contributed by atoms with Crippen molar-refractivity contribution in [3.63, 3.8) is 0 Å². The topological polar surface area (TPSA) is 78.0 Å². The lowest BCUT2D eigenvalue weighted by atomic mass is 9.93. The molecule has 2 amide bonds. The zero-order valence-corrected chi connectivity index (χ0v) is 22.0. The van der Waals surface area contributed by atoms with E-state index < -0.39 is 10.0 Å². The van der Waals surface area contributed by atoms with Crippen molar-refractivity contribution in [2.24, 2.45) is 5.92 Å². The molecular weight excluding hydrogens is 506 g/mol. The molecular formula is C24H34BrN3O4S. The number of piperidine rings is 2. The molecule has 33 heavy (non-hydrogen) atoms. The highest BCUT2D eigenvalue weighted by atomic mass is 79.9. The van der Waals surface area contributed by atoms with Gasteiger partial charge in [-0.2, -0.15) is 4.31 Å². The van der Waals surface area contributed by atoms with Crippen molar-refractivity contribution >= 4 is 43.5 Å². The first kappa shape index (κ1) is 24.7. The van der Waals surface area contributed by atoms with Crippen LogP contribution in [0.2, 0.25) is 0 Å². The van der Waals surface area contributed by atoms with Crippen molar-refractivity contribution in [3.8, 4) is 0 Å². The van der Waals surface area contributed by atoms with Crippen LogP contribution in [0.5, 0.6) is 0 Å². The standard InChI is InChI=1S/C24H34BrN3O4S/c1-3-20-9-5-6-12-27(20)24(30)18-8-7-11-26(16-18)33(31,32)21-15-19(25)14-17-10-13-28(23(17)21)22(29)4-2/h14-15,18,20H,3-13,16H2,1-2H3/t18-,20+/m0/s1. The van der Waals surface area contributed by atoms with Gasteiger partial charge in [0, 0.05) is 43.1 Å². The fourth-order valence-electron chi connectivity index (χ4n) is 5.56. The summed E-state index contributed by atoms with van der Waals surface area (Å²) in [4.78, 5) is 29.7. The molecule has 182 valence electrons. The van der Waals surface area contributed by atoms with Gasteiger partial charge in [0.25, 0.3) is 0 Å². The first-order valence-electron chi connectivity index (χ1n) is 12.2. The average molecular weight is 541 g/mol. The Morgan fingerprint density at radius 2 is 1.85 bits per heavy atom. The molecule has 0 saturated carbocycles. The van der Waals surface area contributed by atoms with Gasteiger partial charge in [0.15, 0.2) is 0 Å². The molecule has 2 saturated heterocycles. The number of rotatable bonds is 5. The zero-order valence-electron chi connectivity index (χ0n) is 19.6. The lowest BCUT2D eigenvalue weighted by Crippen LogP contribution is -2.51. The monoisotopic (exact) mass is 539 g/mol. The Kier molecular flexibility index (Phi) is 7.50. The normalized spacial score (nSPS) is 24.1. The molecule has 0 aliphatic carbocycles. The highest BCUT2D eigenvalue weighted by molar-refractivity contribution is 9.10. The van der Waals surface area contributed by atoms with Crippen LogP contribution in [-0.2, 0) is 26.0 Å². The summed E-state index contributed by atoms with van der Waals surface area (Å²) in [6, 6.07) is 3.78. The maximum Gasteiger partial charge on any atom is 0.245 e. The van der Waals surface area contributed by atoms with Crippen LogP contribution < -0.4 is 4.90 Å². The third-order valence-corrected chi connectivity index (χ3v) is 9.67. The van der Waals surface area contributed by atoms with Gasteiger partial charge in [-0.15, -0.1) is 0 Å². The molecule has 2 fully saturated rings. The summed E-state index contributed by atoms with van der Waals surface area (Å²) in [6.45, 7) is 5.77. The second kappa shape index (κ2) is 10.0. The van der Waals surface area contributed by atoms with Crippen LogP contribution in [0.4, 0.5) is 5.69 Å². The number of benzene rings is 1. The van der Waals surface area contributed by atoms with Gasteiger partial charge < -0.3 is 9.80 Å². The number of fused-ring (bicyclic) bond motifs is 1. The van der Waals surface area contributed by atoms with Crippen LogP contribution in [0.3, 0.4) is 0 Å². The van der Waals surface area contributed by atoms with Gasteiger partial charge in [-0.1, -0.05) is 29.8 Å². The van der Waals surface area contributed by atoms with Crippen LogP contribution in [0, 0.1) is 5.92 Å². The van der Waals surface area contributed by atoms with Gasteiger partial charge >= 0.3 is 0 Å². The van der Waals surface area contributed by atoms with Crippen molar-refractivity contribution in [1.29, 1.82) is 0 Å². The Hall–Kier alpha value is -1.45. The van der Waals surface area contributed by atoms with Gasteiger partial charge in [-0.3, -0.25) is 9.59 Å². The fourth-order valence-corrected chi connectivity index (χ4v) is 8.00. The maximum absolute atomic E-state index is 13.9. The Labute approximate surface area is 205 Å². The molecule has 3 aliphatic rings. The van der Waals surface area contributed by atoms with E-state index in [0.29, 0.717) is 42.5 Å². The average Bonchev–Trinajstić information content (AvgIpc) is 3.26. The van der Waals surface area contributed by atoms with E-state index in [2.05, 4.69) is 22.9 Å². The predicted molar refractivity (Wildman–Crippen MR) is 132 cm³/mol. The smallest absolute Gasteiger partial charge is 0.245 e. The molecule has 2 atom stereocenters. The van der Waals surface area contributed by atoms with Crippen LogP contribution >= 0.6 is 15.9 Å². The highest BCUT2D eigenvalue weighted by Crippen LogP contribution is 2.40. The minimum Gasteiger partial charge on any atom is -0.339 e. The minimum absolute atomic E-state index is 0.0741. The summed E-state index contributed by atoms with van der Waals surface area (Å²) < 4.78 is 29.9. The third-order valence-electron chi connectivity index (χ3n) is 7.33. The van der Waals surface area contributed by atoms with E-state index in [0.717, 1.165) is 44.2 Å². The van der Waals surface area contributed by atoms with Crippen LogP contribution in [0.25, 0.3) is 0 Å². The van der Waals surface area contributed by atoms with Crippen molar-refractivity contribution in [3.05, 3.63) is 22.2 Å². The summed E-state index contributed by atoms with van der Waals surface area (Å²) in [5, 5.41) is 0. The van der Waals surface area contributed by atoms with E-state index in [4.69, 9.17) is 0 Å². The predicted octanol–water partition coefficient (Wildman–Crippen LogP) is 3.94. The molecule has 0 aromatic heterocycles. The number of sulfonamides is 1. The van der Waals surface area contributed by atoms with Crippen LogP contribution in [-0.4, -0.2) is 61.7 Å². The number of nitrogens with zero attached hydrogens (tertiary/aromatic N) is 3. The molecule has 0 bridgehead atoms. The number of anilines is 1. The van der Waals surface area contributed by atoms with Gasteiger partial charge in [-0.05, 0) is 62.6 Å². The quantitative estimate of drug-likeness (QED) is 0.567. The lowest BCUT2D eigenvalue weighted by Gasteiger charge is -2.40. The highest BCUT2D eigenvalue weighted by Gasteiger charge is 2.40. The van der Waals surface area contributed by atoms with Gasteiger partial charge in [0.1, 0.15) is 4.90 Å². The number of carbonyl (C=O) groups excluding carboxylic acids is 2.